The van der Waals surface area contributed by atoms with E-state index in [0.717, 1.165) is 17.7 Å². The predicted molar refractivity (Wildman–Crippen MR) is 74.5 cm³/mol. The van der Waals surface area contributed by atoms with E-state index in [1.165, 1.54) is 0 Å². The molecular weight excluding hydrogens is 254 g/mol. The molecule has 0 saturated carbocycles. The first-order valence-electron chi connectivity index (χ1n) is 6.97. The highest BCUT2D eigenvalue weighted by Gasteiger charge is 2.28. The van der Waals surface area contributed by atoms with Gasteiger partial charge in [0.15, 0.2) is 5.82 Å². The molecular formula is C15H19N3O2. The van der Waals surface area contributed by atoms with Crippen molar-refractivity contribution in [2.24, 2.45) is 11.7 Å². The summed E-state index contributed by atoms with van der Waals surface area (Å²) in [4.78, 5) is 4.50. The van der Waals surface area contributed by atoms with Gasteiger partial charge in [0.05, 0.1) is 18.6 Å². The molecule has 3 rings (SSSR count). The second-order valence-electron chi connectivity index (χ2n) is 5.49. The maximum absolute atomic E-state index is 6.05. The van der Waals surface area contributed by atoms with Crippen LogP contribution in [0.4, 0.5) is 0 Å². The van der Waals surface area contributed by atoms with Crippen molar-refractivity contribution in [3.05, 3.63) is 41.5 Å². The number of fused-ring (bicyclic) bond motifs is 1. The summed E-state index contributed by atoms with van der Waals surface area (Å²) in [6.45, 7) is 4.75. The molecule has 1 aromatic carbocycles. The Morgan fingerprint density at radius 1 is 1.30 bits per heavy atom. The number of nitrogens with two attached hydrogens (primary N) is 1. The van der Waals surface area contributed by atoms with Gasteiger partial charge in [0, 0.05) is 5.56 Å². The molecule has 2 aromatic rings. The fraction of sp³-hybridized carbons (Fsp3) is 0.467. The lowest BCUT2D eigenvalue weighted by Gasteiger charge is -2.23. The van der Waals surface area contributed by atoms with Crippen molar-refractivity contribution in [3.8, 4) is 5.75 Å². The fourth-order valence-corrected chi connectivity index (χ4v) is 2.42. The zero-order chi connectivity index (χ0) is 14.1. The van der Waals surface area contributed by atoms with Gasteiger partial charge < -0.3 is 15.0 Å². The molecule has 0 saturated heterocycles. The molecule has 0 radical (unpaired) electrons. The monoisotopic (exact) mass is 273 g/mol. The average Bonchev–Trinajstić information content (AvgIpc) is 2.95. The summed E-state index contributed by atoms with van der Waals surface area (Å²) in [5.74, 6) is 2.51. The highest BCUT2D eigenvalue weighted by molar-refractivity contribution is 5.40. The molecule has 1 unspecified atom stereocenters. The Bertz CT molecular complexity index is 594. The second kappa shape index (κ2) is 5.25. The van der Waals surface area contributed by atoms with Crippen molar-refractivity contribution in [1.82, 2.24) is 10.1 Å². The largest absolute Gasteiger partial charge is 0.493 e. The number of rotatable bonds is 3. The summed E-state index contributed by atoms with van der Waals surface area (Å²) >= 11 is 0. The van der Waals surface area contributed by atoms with E-state index in [4.69, 9.17) is 15.0 Å². The maximum atomic E-state index is 6.05. The van der Waals surface area contributed by atoms with Crippen LogP contribution in [0.15, 0.2) is 28.8 Å². The van der Waals surface area contributed by atoms with E-state index in [1.807, 2.05) is 32.0 Å². The van der Waals surface area contributed by atoms with Gasteiger partial charge in [0.2, 0.25) is 5.89 Å². The van der Waals surface area contributed by atoms with Crippen LogP contribution in [-0.2, 0) is 0 Å². The van der Waals surface area contributed by atoms with Crippen molar-refractivity contribution >= 4 is 0 Å². The minimum atomic E-state index is -0.216. The number of hydrogen-bond donors (Lipinski definition) is 1. The summed E-state index contributed by atoms with van der Waals surface area (Å²) < 4.78 is 11.0. The molecule has 0 spiro atoms. The van der Waals surface area contributed by atoms with Crippen molar-refractivity contribution in [2.75, 3.05) is 6.61 Å². The van der Waals surface area contributed by atoms with Crippen LogP contribution in [0.25, 0.3) is 0 Å². The van der Waals surface area contributed by atoms with E-state index < -0.39 is 0 Å². The lowest BCUT2D eigenvalue weighted by molar-refractivity contribution is 0.271. The van der Waals surface area contributed by atoms with E-state index >= 15 is 0 Å². The molecule has 0 bridgehead atoms. The molecule has 2 atom stereocenters. The average molecular weight is 273 g/mol. The van der Waals surface area contributed by atoms with Crippen molar-refractivity contribution in [1.29, 1.82) is 0 Å². The van der Waals surface area contributed by atoms with Crippen molar-refractivity contribution in [3.63, 3.8) is 0 Å². The van der Waals surface area contributed by atoms with Crippen LogP contribution in [-0.4, -0.2) is 16.7 Å². The number of para-hydroxylation sites is 1. The van der Waals surface area contributed by atoms with Gasteiger partial charge in [-0.15, -0.1) is 0 Å². The van der Waals surface area contributed by atoms with Gasteiger partial charge in [-0.05, 0) is 18.4 Å². The van der Waals surface area contributed by atoms with E-state index in [0.29, 0.717) is 18.3 Å². The molecule has 0 amide bonds. The second-order valence-corrected chi connectivity index (χ2v) is 5.49. The lowest BCUT2D eigenvalue weighted by Crippen LogP contribution is -2.18. The Hall–Kier alpha value is -1.88. The molecule has 0 fully saturated rings. The Morgan fingerprint density at radius 3 is 2.90 bits per heavy atom. The summed E-state index contributed by atoms with van der Waals surface area (Å²) in [7, 11) is 0. The number of ether oxygens (including phenoxy) is 1. The van der Waals surface area contributed by atoms with Gasteiger partial charge in [0.25, 0.3) is 0 Å². The number of hydrogen-bond acceptors (Lipinski definition) is 5. The zero-order valence-corrected chi connectivity index (χ0v) is 11.7. The van der Waals surface area contributed by atoms with Crippen LogP contribution in [0.1, 0.15) is 49.5 Å². The fourth-order valence-electron chi connectivity index (χ4n) is 2.42. The maximum Gasteiger partial charge on any atom is 0.243 e. The highest BCUT2D eigenvalue weighted by atomic mass is 16.5. The van der Waals surface area contributed by atoms with Gasteiger partial charge in [-0.1, -0.05) is 37.2 Å². The lowest BCUT2D eigenvalue weighted by atomic mass is 9.92. The topological polar surface area (TPSA) is 74.2 Å². The van der Waals surface area contributed by atoms with Gasteiger partial charge in [-0.3, -0.25) is 0 Å². The Labute approximate surface area is 118 Å². The summed E-state index contributed by atoms with van der Waals surface area (Å²) in [5.41, 5.74) is 7.17. The predicted octanol–water partition coefficient (Wildman–Crippen LogP) is 2.64. The molecule has 106 valence electrons. The van der Waals surface area contributed by atoms with E-state index in [1.54, 1.807) is 0 Å². The standard InChI is InChI=1S/C15H19N3O2/c1-9(2)13(16)15-17-14(18-20-15)11-7-8-19-12-6-4-3-5-10(11)12/h3-6,9,11,13H,7-8,16H2,1-2H3/t11?,13-/m0/s1. The van der Waals surface area contributed by atoms with E-state index in [-0.39, 0.29) is 17.9 Å². The first-order valence-corrected chi connectivity index (χ1v) is 6.97. The number of nitrogens with zero attached hydrogens (tertiary/aromatic N) is 2. The first-order chi connectivity index (χ1) is 9.66. The number of benzene rings is 1. The van der Waals surface area contributed by atoms with Gasteiger partial charge in [-0.2, -0.15) is 4.98 Å². The quantitative estimate of drug-likeness (QED) is 0.930. The molecule has 5 nitrogen and oxygen atoms in total. The third-order valence-electron chi connectivity index (χ3n) is 3.73. The van der Waals surface area contributed by atoms with Crippen molar-refractivity contribution in [2.45, 2.75) is 32.2 Å². The molecule has 2 heterocycles. The van der Waals surface area contributed by atoms with Crippen LogP contribution in [0.2, 0.25) is 0 Å². The molecule has 5 heteroatoms. The van der Waals surface area contributed by atoms with Crippen molar-refractivity contribution < 1.29 is 9.26 Å². The minimum Gasteiger partial charge on any atom is -0.493 e. The smallest absolute Gasteiger partial charge is 0.243 e. The molecule has 1 aromatic heterocycles. The Kier molecular flexibility index (Phi) is 3.44. The molecule has 0 aliphatic carbocycles. The third kappa shape index (κ3) is 2.29. The van der Waals surface area contributed by atoms with E-state index in [2.05, 4.69) is 16.2 Å². The molecule has 20 heavy (non-hydrogen) atoms. The summed E-state index contributed by atoms with van der Waals surface area (Å²) in [6, 6.07) is 7.78. The third-order valence-corrected chi connectivity index (χ3v) is 3.73. The SMILES string of the molecule is CC(C)[C@H](N)c1nc(C2CCOc3ccccc32)no1. The van der Waals surface area contributed by atoms with Gasteiger partial charge in [0.1, 0.15) is 5.75 Å². The van der Waals surface area contributed by atoms with Crippen LogP contribution in [0, 0.1) is 5.92 Å². The van der Waals surface area contributed by atoms with Crippen LogP contribution >= 0.6 is 0 Å². The van der Waals surface area contributed by atoms with Crippen LogP contribution in [0.3, 0.4) is 0 Å². The number of aromatic nitrogens is 2. The molecule has 1 aliphatic rings. The van der Waals surface area contributed by atoms with Crippen LogP contribution < -0.4 is 10.5 Å². The highest BCUT2D eigenvalue weighted by Crippen LogP contribution is 2.36. The van der Waals surface area contributed by atoms with Gasteiger partial charge in [-0.25, -0.2) is 0 Å². The zero-order valence-electron chi connectivity index (χ0n) is 11.7. The normalized spacial score (nSPS) is 19.5. The van der Waals surface area contributed by atoms with Gasteiger partial charge >= 0.3 is 0 Å². The van der Waals surface area contributed by atoms with Crippen LogP contribution in [0.5, 0.6) is 5.75 Å². The van der Waals surface area contributed by atoms with E-state index in [9.17, 15) is 0 Å². The first kappa shape index (κ1) is 13.1. The Morgan fingerprint density at radius 2 is 2.10 bits per heavy atom. The molecule has 2 N–H and O–H groups in total. The molecule has 1 aliphatic heterocycles. The summed E-state index contributed by atoms with van der Waals surface area (Å²) in [6.07, 6.45) is 0.854. The summed E-state index contributed by atoms with van der Waals surface area (Å²) in [5, 5.41) is 4.12. The minimum absolute atomic E-state index is 0.122. The Balaban J connectivity index is 1.91.